The number of H-pyrrole nitrogens is 1. The Balaban J connectivity index is 1.35. The quantitative estimate of drug-likeness (QED) is 0.628. The van der Waals surface area contributed by atoms with Crippen molar-refractivity contribution in [1.82, 2.24) is 20.0 Å². The van der Waals surface area contributed by atoms with Crippen LogP contribution >= 0.6 is 0 Å². The van der Waals surface area contributed by atoms with Gasteiger partial charge in [0.05, 0.1) is 6.20 Å². The Hall–Kier alpha value is -2.99. The number of rotatable bonds is 5. The maximum Gasteiger partial charge on any atom is 0.254 e. The summed E-state index contributed by atoms with van der Waals surface area (Å²) in [6.07, 6.45) is 6.23. The van der Waals surface area contributed by atoms with Crippen LogP contribution in [-0.2, 0) is 6.54 Å². The third-order valence-corrected chi connectivity index (χ3v) is 6.78. The van der Waals surface area contributed by atoms with Crippen LogP contribution in [0.15, 0.2) is 54.7 Å². The number of aromatic nitrogens is 2. The predicted octanol–water partition coefficient (Wildman–Crippen LogP) is 4.83. The van der Waals surface area contributed by atoms with Crippen LogP contribution in [0.5, 0.6) is 0 Å². The number of piperidine rings is 1. The SMILES string of the molecule is O=C(c1ccccc1CN1CCCC1)N1CCCC(c2[nH]ncc2-c2ccc(F)cc2)C1. The van der Waals surface area contributed by atoms with E-state index in [1.807, 2.05) is 23.1 Å². The summed E-state index contributed by atoms with van der Waals surface area (Å²) in [5.41, 5.74) is 4.89. The van der Waals surface area contributed by atoms with Crippen LogP contribution in [0.3, 0.4) is 0 Å². The Bertz CT molecular complexity index is 1070. The largest absolute Gasteiger partial charge is 0.338 e. The van der Waals surface area contributed by atoms with Gasteiger partial charge in [-0.15, -0.1) is 0 Å². The van der Waals surface area contributed by atoms with E-state index in [0.717, 1.165) is 67.0 Å². The molecule has 1 aromatic heterocycles. The van der Waals surface area contributed by atoms with Gasteiger partial charge >= 0.3 is 0 Å². The number of carbonyl (C=O) groups excluding carboxylic acids is 1. The van der Waals surface area contributed by atoms with E-state index >= 15 is 0 Å². The average Bonchev–Trinajstić information content (AvgIpc) is 3.52. The first-order valence-electron chi connectivity index (χ1n) is 11.6. The molecular weight excluding hydrogens is 403 g/mol. The summed E-state index contributed by atoms with van der Waals surface area (Å²) in [6.45, 7) is 4.50. The van der Waals surface area contributed by atoms with Crippen molar-refractivity contribution < 1.29 is 9.18 Å². The zero-order valence-electron chi connectivity index (χ0n) is 18.3. The Morgan fingerprint density at radius 2 is 1.81 bits per heavy atom. The molecule has 0 bridgehead atoms. The molecule has 6 heteroatoms. The monoisotopic (exact) mass is 432 g/mol. The molecule has 0 aliphatic carbocycles. The Kier molecular flexibility index (Phi) is 6.04. The number of hydrogen-bond acceptors (Lipinski definition) is 3. The van der Waals surface area contributed by atoms with E-state index in [1.54, 1.807) is 18.3 Å². The Labute approximate surface area is 188 Å². The maximum absolute atomic E-state index is 13.5. The number of hydrogen-bond donors (Lipinski definition) is 1. The summed E-state index contributed by atoms with van der Waals surface area (Å²) in [6, 6.07) is 14.6. The summed E-state index contributed by atoms with van der Waals surface area (Å²) in [5.74, 6) is 0.0502. The van der Waals surface area contributed by atoms with E-state index in [-0.39, 0.29) is 17.6 Å². The van der Waals surface area contributed by atoms with Gasteiger partial charge in [0.2, 0.25) is 0 Å². The van der Waals surface area contributed by atoms with Crippen LogP contribution in [0, 0.1) is 5.82 Å². The van der Waals surface area contributed by atoms with Crippen LogP contribution in [-0.4, -0.2) is 52.1 Å². The van der Waals surface area contributed by atoms with Crippen molar-refractivity contribution in [1.29, 1.82) is 0 Å². The number of benzene rings is 2. The highest BCUT2D eigenvalue weighted by Gasteiger charge is 2.29. The summed E-state index contributed by atoms with van der Waals surface area (Å²) < 4.78 is 13.4. The lowest BCUT2D eigenvalue weighted by Gasteiger charge is -2.33. The van der Waals surface area contributed by atoms with Gasteiger partial charge in [-0.2, -0.15) is 5.10 Å². The Morgan fingerprint density at radius 1 is 1.03 bits per heavy atom. The molecular formula is C26H29FN4O. The number of carbonyl (C=O) groups is 1. The zero-order chi connectivity index (χ0) is 21.9. The van der Waals surface area contributed by atoms with Gasteiger partial charge in [0.25, 0.3) is 5.91 Å². The molecule has 2 aliphatic heterocycles. The molecule has 2 aliphatic rings. The molecule has 166 valence electrons. The summed E-state index contributed by atoms with van der Waals surface area (Å²) in [4.78, 5) is 18.0. The van der Waals surface area contributed by atoms with Crippen LogP contribution in [0.4, 0.5) is 4.39 Å². The van der Waals surface area contributed by atoms with Crippen molar-refractivity contribution >= 4 is 5.91 Å². The third-order valence-electron chi connectivity index (χ3n) is 6.78. The van der Waals surface area contributed by atoms with Crippen molar-refractivity contribution in [3.05, 3.63) is 77.4 Å². The van der Waals surface area contributed by atoms with E-state index in [4.69, 9.17) is 0 Å². The van der Waals surface area contributed by atoms with Crippen molar-refractivity contribution in [2.75, 3.05) is 26.2 Å². The van der Waals surface area contributed by atoms with E-state index in [1.165, 1.54) is 25.0 Å². The van der Waals surface area contributed by atoms with Crippen LogP contribution in [0.1, 0.15) is 53.2 Å². The fourth-order valence-corrected chi connectivity index (χ4v) is 5.08. The molecule has 5 rings (SSSR count). The van der Waals surface area contributed by atoms with Crippen LogP contribution in [0.2, 0.25) is 0 Å². The summed E-state index contributed by atoms with van der Waals surface area (Å²) in [7, 11) is 0. The fraction of sp³-hybridized carbons (Fsp3) is 0.385. The van der Waals surface area contributed by atoms with Gasteiger partial charge in [-0.1, -0.05) is 30.3 Å². The molecule has 2 fully saturated rings. The minimum atomic E-state index is -0.249. The lowest BCUT2D eigenvalue weighted by Crippen LogP contribution is -2.40. The second-order valence-electron chi connectivity index (χ2n) is 8.93. The lowest BCUT2D eigenvalue weighted by atomic mass is 9.90. The van der Waals surface area contributed by atoms with Gasteiger partial charge < -0.3 is 4.90 Å². The molecule has 5 nitrogen and oxygen atoms in total. The van der Waals surface area contributed by atoms with Gasteiger partial charge in [-0.3, -0.25) is 14.8 Å². The lowest BCUT2D eigenvalue weighted by molar-refractivity contribution is 0.0704. The van der Waals surface area contributed by atoms with Crippen molar-refractivity contribution in [3.63, 3.8) is 0 Å². The first kappa shape index (κ1) is 20.9. The summed E-state index contributed by atoms with van der Waals surface area (Å²) >= 11 is 0. The first-order valence-corrected chi connectivity index (χ1v) is 11.6. The molecule has 0 spiro atoms. The molecule has 2 saturated heterocycles. The predicted molar refractivity (Wildman–Crippen MR) is 123 cm³/mol. The van der Waals surface area contributed by atoms with E-state index < -0.39 is 0 Å². The highest BCUT2D eigenvalue weighted by atomic mass is 19.1. The van der Waals surface area contributed by atoms with Crippen LogP contribution < -0.4 is 0 Å². The van der Waals surface area contributed by atoms with Crippen molar-refractivity contribution in [3.8, 4) is 11.1 Å². The molecule has 1 atom stereocenters. The molecule has 3 heterocycles. The number of amides is 1. The maximum atomic E-state index is 13.5. The normalized spacial score (nSPS) is 19.4. The number of nitrogens with zero attached hydrogens (tertiary/aromatic N) is 3. The average molecular weight is 433 g/mol. The molecule has 0 radical (unpaired) electrons. The van der Waals surface area contributed by atoms with Crippen molar-refractivity contribution in [2.24, 2.45) is 0 Å². The van der Waals surface area contributed by atoms with Gasteiger partial charge in [0, 0.05) is 42.4 Å². The smallest absolute Gasteiger partial charge is 0.254 e. The molecule has 1 amide bonds. The molecule has 2 aromatic carbocycles. The van der Waals surface area contributed by atoms with Gasteiger partial charge in [-0.05, 0) is 68.1 Å². The number of halogens is 1. The molecule has 0 saturated carbocycles. The second-order valence-corrected chi connectivity index (χ2v) is 8.93. The molecule has 1 N–H and O–H groups in total. The molecule has 1 unspecified atom stereocenters. The first-order chi connectivity index (χ1) is 15.7. The van der Waals surface area contributed by atoms with Gasteiger partial charge in [0.1, 0.15) is 5.82 Å². The van der Waals surface area contributed by atoms with Gasteiger partial charge in [0.15, 0.2) is 0 Å². The van der Waals surface area contributed by atoms with E-state index in [2.05, 4.69) is 21.2 Å². The number of aromatic amines is 1. The van der Waals surface area contributed by atoms with Crippen LogP contribution in [0.25, 0.3) is 11.1 Å². The number of likely N-dealkylation sites (tertiary alicyclic amines) is 2. The highest BCUT2D eigenvalue weighted by molar-refractivity contribution is 5.95. The molecule has 32 heavy (non-hydrogen) atoms. The van der Waals surface area contributed by atoms with E-state index in [9.17, 15) is 9.18 Å². The minimum absolute atomic E-state index is 0.118. The number of nitrogens with one attached hydrogen (secondary N) is 1. The van der Waals surface area contributed by atoms with Crippen molar-refractivity contribution in [2.45, 2.75) is 38.1 Å². The third kappa shape index (κ3) is 4.32. The fourth-order valence-electron chi connectivity index (χ4n) is 5.08. The zero-order valence-corrected chi connectivity index (χ0v) is 18.3. The van der Waals surface area contributed by atoms with E-state index in [0.29, 0.717) is 6.54 Å². The second kappa shape index (κ2) is 9.25. The summed E-state index contributed by atoms with van der Waals surface area (Å²) in [5, 5.41) is 7.43. The Morgan fingerprint density at radius 3 is 2.62 bits per heavy atom. The topological polar surface area (TPSA) is 52.2 Å². The van der Waals surface area contributed by atoms with Gasteiger partial charge in [-0.25, -0.2) is 4.39 Å². The molecule has 3 aromatic rings. The highest BCUT2D eigenvalue weighted by Crippen LogP contribution is 2.33. The standard InChI is InChI=1S/C26H29FN4O/c27-22-11-9-19(10-12-22)24-16-28-29-25(24)21-7-5-15-31(18-21)26(32)23-8-2-1-6-20(23)17-30-13-3-4-14-30/h1-2,6,8-12,16,21H,3-5,7,13-15,17-18H2,(H,28,29). The minimum Gasteiger partial charge on any atom is -0.338 e.